The zero-order valence-corrected chi connectivity index (χ0v) is 9.06. The first-order chi connectivity index (χ1) is 6.59. The Kier molecular flexibility index (Phi) is 3.57. The van der Waals surface area contributed by atoms with Crippen LogP contribution in [0.5, 0.6) is 0 Å². The summed E-state index contributed by atoms with van der Waals surface area (Å²) in [5.41, 5.74) is -0.669. The molecule has 1 unspecified atom stereocenters. The van der Waals surface area contributed by atoms with Gasteiger partial charge in [-0.05, 0) is 18.1 Å². The van der Waals surface area contributed by atoms with Crippen molar-refractivity contribution in [2.45, 2.75) is 45.1 Å². The molecule has 1 aromatic heterocycles. The van der Waals surface area contributed by atoms with E-state index in [0.29, 0.717) is 12.2 Å². The summed E-state index contributed by atoms with van der Waals surface area (Å²) in [4.78, 5) is 1.41. The average Bonchev–Trinajstić information content (AvgIpc) is 2.51. The van der Waals surface area contributed by atoms with Crippen molar-refractivity contribution in [3.63, 3.8) is 0 Å². The van der Waals surface area contributed by atoms with Gasteiger partial charge in [0.15, 0.2) is 5.82 Å². The van der Waals surface area contributed by atoms with Gasteiger partial charge in [-0.1, -0.05) is 20.3 Å². The molecule has 0 radical (unpaired) electrons. The molecule has 1 aromatic rings. The summed E-state index contributed by atoms with van der Waals surface area (Å²) in [6.45, 7) is 4.04. The van der Waals surface area contributed by atoms with Gasteiger partial charge in [0.1, 0.15) is 0 Å². The standard InChI is InChI=1S/C9H18N4O/c1-4-6-9(14,5-2)7-8-10-12-13(3)11-8/h14H,4-7H2,1-3H3. The van der Waals surface area contributed by atoms with Crippen molar-refractivity contribution in [1.29, 1.82) is 0 Å². The lowest BCUT2D eigenvalue weighted by Crippen LogP contribution is -2.30. The summed E-state index contributed by atoms with van der Waals surface area (Å²) >= 11 is 0. The lowest BCUT2D eigenvalue weighted by atomic mass is 9.91. The van der Waals surface area contributed by atoms with Gasteiger partial charge in [0, 0.05) is 6.42 Å². The van der Waals surface area contributed by atoms with Crippen LogP contribution in [0.25, 0.3) is 0 Å². The molecule has 14 heavy (non-hydrogen) atoms. The SMILES string of the molecule is CCCC(O)(CC)Cc1nnn(C)n1. The third kappa shape index (κ3) is 2.77. The molecular formula is C9H18N4O. The highest BCUT2D eigenvalue weighted by molar-refractivity contribution is 4.90. The van der Waals surface area contributed by atoms with E-state index >= 15 is 0 Å². The number of nitrogens with zero attached hydrogens (tertiary/aromatic N) is 4. The second kappa shape index (κ2) is 4.50. The van der Waals surface area contributed by atoms with Gasteiger partial charge in [-0.25, -0.2) is 0 Å². The molecule has 0 amide bonds. The Morgan fingerprint density at radius 2 is 2.14 bits per heavy atom. The molecule has 0 spiro atoms. The number of rotatable bonds is 5. The maximum atomic E-state index is 10.2. The molecule has 1 atom stereocenters. The monoisotopic (exact) mass is 198 g/mol. The zero-order chi connectivity index (χ0) is 10.6. The molecule has 5 nitrogen and oxygen atoms in total. The van der Waals surface area contributed by atoms with E-state index in [9.17, 15) is 5.11 Å². The summed E-state index contributed by atoms with van der Waals surface area (Å²) < 4.78 is 0. The van der Waals surface area contributed by atoms with Crippen LogP contribution in [0.2, 0.25) is 0 Å². The number of tetrazole rings is 1. The van der Waals surface area contributed by atoms with Gasteiger partial charge in [-0.15, -0.1) is 10.2 Å². The molecule has 0 saturated carbocycles. The molecule has 0 aliphatic heterocycles. The van der Waals surface area contributed by atoms with Gasteiger partial charge in [0.25, 0.3) is 0 Å². The van der Waals surface area contributed by atoms with E-state index in [1.807, 2.05) is 6.92 Å². The summed E-state index contributed by atoms with van der Waals surface area (Å²) in [6.07, 6.45) is 2.95. The predicted molar refractivity (Wildman–Crippen MR) is 52.7 cm³/mol. The van der Waals surface area contributed by atoms with E-state index < -0.39 is 5.60 Å². The molecule has 1 N–H and O–H groups in total. The van der Waals surface area contributed by atoms with E-state index in [-0.39, 0.29) is 0 Å². The fourth-order valence-corrected chi connectivity index (χ4v) is 1.54. The smallest absolute Gasteiger partial charge is 0.177 e. The molecule has 0 aliphatic carbocycles. The van der Waals surface area contributed by atoms with Crippen LogP contribution in [0.4, 0.5) is 0 Å². The van der Waals surface area contributed by atoms with Crippen molar-refractivity contribution >= 4 is 0 Å². The quantitative estimate of drug-likeness (QED) is 0.756. The van der Waals surface area contributed by atoms with Gasteiger partial charge in [0.2, 0.25) is 0 Å². The first kappa shape index (κ1) is 11.1. The van der Waals surface area contributed by atoms with Crippen LogP contribution >= 0.6 is 0 Å². The summed E-state index contributed by atoms with van der Waals surface area (Å²) in [5, 5.41) is 21.8. The first-order valence-corrected chi connectivity index (χ1v) is 5.05. The van der Waals surface area contributed by atoms with E-state index in [4.69, 9.17) is 0 Å². The average molecular weight is 198 g/mol. The zero-order valence-electron chi connectivity index (χ0n) is 9.06. The number of aliphatic hydroxyl groups is 1. The Morgan fingerprint density at radius 1 is 1.43 bits per heavy atom. The largest absolute Gasteiger partial charge is 0.389 e. The molecule has 1 heterocycles. The molecule has 80 valence electrons. The van der Waals surface area contributed by atoms with Crippen LogP contribution in [-0.2, 0) is 13.5 Å². The highest BCUT2D eigenvalue weighted by Crippen LogP contribution is 2.20. The molecule has 1 rings (SSSR count). The third-order valence-corrected chi connectivity index (χ3v) is 2.41. The number of hydrogen-bond donors (Lipinski definition) is 1. The van der Waals surface area contributed by atoms with Crippen LogP contribution in [0.15, 0.2) is 0 Å². The molecule has 0 saturated heterocycles. The van der Waals surface area contributed by atoms with Gasteiger partial charge in [0.05, 0.1) is 12.6 Å². The van der Waals surface area contributed by atoms with Crippen LogP contribution in [-0.4, -0.2) is 30.9 Å². The van der Waals surface area contributed by atoms with Gasteiger partial charge in [-0.3, -0.25) is 0 Å². The molecule has 0 fully saturated rings. The summed E-state index contributed by atoms with van der Waals surface area (Å²) in [5.74, 6) is 0.616. The normalized spacial score (nSPS) is 15.4. The highest BCUT2D eigenvalue weighted by Gasteiger charge is 2.25. The fraction of sp³-hybridized carbons (Fsp3) is 0.889. The Bertz CT molecular complexity index is 286. The van der Waals surface area contributed by atoms with Crippen LogP contribution in [0.3, 0.4) is 0 Å². The third-order valence-electron chi connectivity index (χ3n) is 2.41. The van der Waals surface area contributed by atoms with E-state index in [2.05, 4.69) is 22.3 Å². The Morgan fingerprint density at radius 3 is 2.57 bits per heavy atom. The second-order valence-electron chi connectivity index (χ2n) is 3.70. The van der Waals surface area contributed by atoms with Crippen molar-refractivity contribution in [2.75, 3.05) is 0 Å². The van der Waals surface area contributed by atoms with Crippen LogP contribution < -0.4 is 0 Å². The minimum absolute atomic E-state index is 0.491. The number of aryl methyl sites for hydroxylation is 1. The van der Waals surface area contributed by atoms with Gasteiger partial charge >= 0.3 is 0 Å². The van der Waals surface area contributed by atoms with E-state index in [0.717, 1.165) is 19.3 Å². The van der Waals surface area contributed by atoms with Gasteiger partial charge < -0.3 is 5.11 Å². The van der Waals surface area contributed by atoms with Crippen molar-refractivity contribution < 1.29 is 5.11 Å². The Hall–Kier alpha value is -0.970. The fourth-order valence-electron chi connectivity index (χ4n) is 1.54. The molecule has 0 bridgehead atoms. The maximum absolute atomic E-state index is 10.2. The van der Waals surface area contributed by atoms with Crippen LogP contribution in [0, 0.1) is 0 Å². The maximum Gasteiger partial charge on any atom is 0.177 e. The summed E-state index contributed by atoms with van der Waals surface area (Å²) in [7, 11) is 1.72. The number of aromatic nitrogens is 4. The van der Waals surface area contributed by atoms with Crippen molar-refractivity contribution in [3.05, 3.63) is 5.82 Å². The van der Waals surface area contributed by atoms with Crippen LogP contribution in [0.1, 0.15) is 38.9 Å². The molecular weight excluding hydrogens is 180 g/mol. The Balaban J connectivity index is 2.64. The highest BCUT2D eigenvalue weighted by atomic mass is 16.3. The molecule has 0 aromatic carbocycles. The predicted octanol–water partition coefficient (Wildman–Crippen LogP) is 0.694. The molecule has 0 aliphatic rings. The van der Waals surface area contributed by atoms with E-state index in [1.54, 1.807) is 7.05 Å². The molecule has 5 heteroatoms. The first-order valence-electron chi connectivity index (χ1n) is 5.05. The summed E-state index contributed by atoms with van der Waals surface area (Å²) in [6, 6.07) is 0. The van der Waals surface area contributed by atoms with Crippen molar-refractivity contribution in [1.82, 2.24) is 20.2 Å². The van der Waals surface area contributed by atoms with Crippen molar-refractivity contribution in [3.8, 4) is 0 Å². The number of hydrogen-bond acceptors (Lipinski definition) is 4. The topological polar surface area (TPSA) is 63.8 Å². The van der Waals surface area contributed by atoms with Crippen molar-refractivity contribution in [2.24, 2.45) is 7.05 Å². The Labute approximate surface area is 84.1 Å². The lowest BCUT2D eigenvalue weighted by molar-refractivity contribution is 0.0251. The minimum Gasteiger partial charge on any atom is -0.389 e. The second-order valence-corrected chi connectivity index (χ2v) is 3.70. The van der Waals surface area contributed by atoms with Gasteiger partial charge in [-0.2, -0.15) is 4.80 Å². The van der Waals surface area contributed by atoms with E-state index in [1.165, 1.54) is 4.80 Å². The minimum atomic E-state index is -0.669. The lowest BCUT2D eigenvalue weighted by Gasteiger charge is -2.24.